The molecule has 4 heterocycles. The van der Waals surface area contributed by atoms with E-state index >= 15 is 0 Å². The molecule has 0 radical (unpaired) electrons. The third-order valence-electron chi connectivity index (χ3n) is 8.41. The summed E-state index contributed by atoms with van der Waals surface area (Å²) in [5, 5.41) is 7.41. The average Bonchev–Trinajstić information content (AvgIpc) is 3.59. The Labute approximate surface area is 241 Å². The molecule has 4 heteroatoms. The van der Waals surface area contributed by atoms with Crippen LogP contribution in [0.3, 0.4) is 0 Å². The Morgan fingerprint density at radius 2 is 0.881 bits per heavy atom. The van der Waals surface area contributed by atoms with E-state index in [1.165, 1.54) is 48.9 Å². The smallest absolute Gasteiger partial charge is 0.0887 e. The van der Waals surface area contributed by atoms with E-state index < -0.39 is 0 Å². The zero-order valence-electron chi connectivity index (χ0n) is 22.6. The van der Waals surface area contributed by atoms with Crippen LogP contribution >= 0.6 is 0 Å². The van der Waals surface area contributed by atoms with E-state index in [1.54, 1.807) is 6.20 Å². The number of aromatic nitrogens is 4. The molecule has 0 saturated carbocycles. The average molecular weight is 537 g/mol. The first-order chi connectivity index (χ1) is 20.9. The predicted molar refractivity (Wildman–Crippen MR) is 174 cm³/mol. The molecule has 4 aromatic heterocycles. The Bertz CT molecular complexity index is 2430. The Morgan fingerprint density at radius 1 is 0.357 bits per heavy atom. The summed E-state index contributed by atoms with van der Waals surface area (Å²) in [6.45, 7) is 0. The largest absolute Gasteiger partial charge is 0.309 e. The number of rotatable bonds is 3. The first kappa shape index (κ1) is 23.0. The maximum atomic E-state index is 4.84. The molecule has 0 bridgehead atoms. The molecular formula is C38H24N4. The Kier molecular flexibility index (Phi) is 4.87. The summed E-state index contributed by atoms with van der Waals surface area (Å²) in [6.07, 6.45) is 3.77. The summed E-state index contributed by atoms with van der Waals surface area (Å²) in [4.78, 5) is 9.33. The summed E-state index contributed by atoms with van der Waals surface area (Å²) in [5.74, 6) is 0. The maximum absolute atomic E-state index is 4.84. The Hall–Kier alpha value is -5.74. The van der Waals surface area contributed by atoms with Gasteiger partial charge in [0.1, 0.15) is 0 Å². The fraction of sp³-hybridized carbons (Fsp3) is 0. The molecule has 9 rings (SSSR count). The first-order valence-electron chi connectivity index (χ1n) is 14.2. The van der Waals surface area contributed by atoms with Crippen molar-refractivity contribution in [3.8, 4) is 22.8 Å². The normalized spacial score (nSPS) is 11.8. The summed E-state index contributed by atoms with van der Waals surface area (Å²) >= 11 is 0. The standard InChI is InChI=1S/C38H24N4/c1-2-10-25(11-3-1)41-35-15-6-4-12-27(35)29-18-21-32-31(37(29)41)20-19-30-28-13-5-7-16-36(28)42(38(30)32)26-17-22-34(40-24-26)33-14-8-9-23-39-33/h1-24H. The molecule has 5 aromatic carbocycles. The van der Waals surface area contributed by atoms with Gasteiger partial charge in [0.25, 0.3) is 0 Å². The molecule has 0 aliphatic carbocycles. The minimum Gasteiger partial charge on any atom is -0.309 e. The number of benzene rings is 5. The lowest BCUT2D eigenvalue weighted by Gasteiger charge is -2.13. The van der Waals surface area contributed by atoms with Crippen LogP contribution in [-0.4, -0.2) is 19.1 Å². The molecule has 0 atom stereocenters. The molecule has 0 spiro atoms. The molecule has 0 aliphatic heterocycles. The van der Waals surface area contributed by atoms with Crippen LogP contribution in [0.2, 0.25) is 0 Å². The molecular weight excluding hydrogens is 512 g/mol. The number of nitrogens with zero attached hydrogens (tertiary/aromatic N) is 4. The van der Waals surface area contributed by atoms with Gasteiger partial charge in [-0.05, 0) is 48.5 Å². The van der Waals surface area contributed by atoms with Gasteiger partial charge in [-0.2, -0.15) is 0 Å². The van der Waals surface area contributed by atoms with Crippen molar-refractivity contribution in [2.45, 2.75) is 0 Å². The highest BCUT2D eigenvalue weighted by atomic mass is 15.0. The second-order valence-corrected chi connectivity index (χ2v) is 10.7. The van der Waals surface area contributed by atoms with Crippen molar-refractivity contribution in [1.82, 2.24) is 19.1 Å². The highest BCUT2D eigenvalue weighted by Gasteiger charge is 2.19. The minimum atomic E-state index is 0.860. The zero-order chi connectivity index (χ0) is 27.6. The van der Waals surface area contributed by atoms with Crippen LogP contribution in [0.5, 0.6) is 0 Å². The van der Waals surface area contributed by atoms with Gasteiger partial charge < -0.3 is 9.13 Å². The summed E-state index contributed by atoms with van der Waals surface area (Å²) in [6, 6.07) is 47.3. The van der Waals surface area contributed by atoms with Crippen LogP contribution in [0.4, 0.5) is 0 Å². The molecule has 42 heavy (non-hydrogen) atoms. The number of para-hydroxylation sites is 3. The molecule has 0 amide bonds. The van der Waals surface area contributed by atoms with Crippen molar-refractivity contribution in [2.75, 3.05) is 0 Å². The highest BCUT2D eigenvalue weighted by Crippen LogP contribution is 2.41. The lowest BCUT2D eigenvalue weighted by atomic mass is 10.0. The Morgan fingerprint density at radius 3 is 1.45 bits per heavy atom. The summed E-state index contributed by atoms with van der Waals surface area (Å²) in [7, 11) is 0. The van der Waals surface area contributed by atoms with E-state index in [0.717, 1.165) is 28.3 Å². The zero-order valence-corrected chi connectivity index (χ0v) is 22.6. The van der Waals surface area contributed by atoms with E-state index in [-0.39, 0.29) is 0 Å². The predicted octanol–water partition coefficient (Wildman–Crippen LogP) is 9.49. The number of pyridine rings is 2. The van der Waals surface area contributed by atoms with Crippen LogP contribution in [-0.2, 0) is 0 Å². The van der Waals surface area contributed by atoms with E-state index in [0.29, 0.717) is 0 Å². The first-order valence-corrected chi connectivity index (χ1v) is 14.2. The molecule has 0 unspecified atom stereocenters. The van der Waals surface area contributed by atoms with Crippen LogP contribution in [0.15, 0.2) is 146 Å². The molecule has 9 aromatic rings. The molecule has 0 saturated heterocycles. The second kappa shape index (κ2) is 8.88. The van der Waals surface area contributed by atoms with Gasteiger partial charge in [-0.25, -0.2) is 0 Å². The van der Waals surface area contributed by atoms with E-state index in [1.807, 2.05) is 24.4 Å². The van der Waals surface area contributed by atoms with Crippen LogP contribution in [0.25, 0.3) is 77.1 Å². The summed E-state index contributed by atoms with van der Waals surface area (Å²) in [5.41, 5.74) is 8.70. The third-order valence-corrected chi connectivity index (χ3v) is 8.41. The Balaban J connectivity index is 1.40. The van der Waals surface area contributed by atoms with Gasteiger partial charge in [-0.15, -0.1) is 0 Å². The molecule has 4 nitrogen and oxygen atoms in total. The molecule has 196 valence electrons. The topological polar surface area (TPSA) is 35.6 Å². The number of fused-ring (bicyclic) bond motifs is 9. The van der Waals surface area contributed by atoms with Gasteiger partial charge in [-0.3, -0.25) is 9.97 Å². The molecule has 0 fully saturated rings. The third kappa shape index (κ3) is 3.23. The van der Waals surface area contributed by atoms with Crippen LogP contribution in [0, 0.1) is 0 Å². The van der Waals surface area contributed by atoms with Crippen molar-refractivity contribution in [3.05, 3.63) is 146 Å². The van der Waals surface area contributed by atoms with Crippen LogP contribution in [0.1, 0.15) is 0 Å². The lowest BCUT2D eigenvalue weighted by molar-refractivity contribution is 1.14. The molecule has 0 aliphatic rings. The lowest BCUT2D eigenvalue weighted by Crippen LogP contribution is -1.97. The molecule has 0 N–H and O–H groups in total. The van der Waals surface area contributed by atoms with Crippen molar-refractivity contribution >= 4 is 54.4 Å². The van der Waals surface area contributed by atoms with E-state index in [4.69, 9.17) is 4.98 Å². The quantitative estimate of drug-likeness (QED) is 0.225. The maximum Gasteiger partial charge on any atom is 0.0887 e. The number of hydrogen-bond donors (Lipinski definition) is 0. The van der Waals surface area contributed by atoms with Gasteiger partial charge in [0.05, 0.1) is 45.3 Å². The fourth-order valence-corrected chi connectivity index (χ4v) is 6.62. The highest BCUT2D eigenvalue weighted by molar-refractivity contribution is 6.26. The van der Waals surface area contributed by atoms with Gasteiger partial charge in [0.2, 0.25) is 0 Å². The van der Waals surface area contributed by atoms with Gasteiger partial charge >= 0.3 is 0 Å². The number of hydrogen-bond acceptors (Lipinski definition) is 2. The van der Waals surface area contributed by atoms with Gasteiger partial charge in [0, 0.05) is 44.2 Å². The van der Waals surface area contributed by atoms with Crippen molar-refractivity contribution in [3.63, 3.8) is 0 Å². The summed E-state index contributed by atoms with van der Waals surface area (Å²) < 4.78 is 4.78. The SMILES string of the molecule is c1ccc(-n2c3ccccc3c3ccc4c(ccc5c6ccccc6n(-c6ccc(-c7ccccn7)nc6)c54)c32)cc1. The second-order valence-electron chi connectivity index (χ2n) is 10.7. The monoisotopic (exact) mass is 536 g/mol. The van der Waals surface area contributed by atoms with E-state index in [2.05, 4.69) is 129 Å². The van der Waals surface area contributed by atoms with Crippen molar-refractivity contribution < 1.29 is 0 Å². The van der Waals surface area contributed by atoms with Crippen molar-refractivity contribution in [2.24, 2.45) is 0 Å². The fourth-order valence-electron chi connectivity index (χ4n) is 6.62. The van der Waals surface area contributed by atoms with Crippen LogP contribution < -0.4 is 0 Å². The van der Waals surface area contributed by atoms with Gasteiger partial charge in [-0.1, -0.05) is 84.9 Å². The van der Waals surface area contributed by atoms with E-state index in [9.17, 15) is 0 Å². The van der Waals surface area contributed by atoms with Gasteiger partial charge in [0.15, 0.2) is 0 Å². The van der Waals surface area contributed by atoms with Crippen molar-refractivity contribution in [1.29, 1.82) is 0 Å². The minimum absolute atomic E-state index is 0.860.